The van der Waals surface area contributed by atoms with Crippen LogP contribution in [0.2, 0.25) is 0 Å². The van der Waals surface area contributed by atoms with Gasteiger partial charge in [0.2, 0.25) is 5.95 Å². The molecule has 3 aromatic rings. The monoisotopic (exact) mass is 367 g/mol. The van der Waals surface area contributed by atoms with E-state index in [2.05, 4.69) is 14.5 Å². The number of benzene rings is 1. The number of rotatable bonds is 3. The summed E-state index contributed by atoms with van der Waals surface area (Å²) in [5.74, 6) is 0.876. The van der Waals surface area contributed by atoms with Gasteiger partial charge in [-0.15, -0.1) is 0 Å². The Morgan fingerprint density at radius 2 is 1.96 bits per heavy atom. The highest BCUT2D eigenvalue weighted by molar-refractivity contribution is 5.88. The fourth-order valence-electron chi connectivity index (χ4n) is 3.67. The van der Waals surface area contributed by atoms with Crippen LogP contribution in [0.15, 0.2) is 30.6 Å². The number of hydrogen-bond acceptors (Lipinski definition) is 7. The Labute approximate surface area is 156 Å². The van der Waals surface area contributed by atoms with Gasteiger partial charge in [0.05, 0.1) is 32.2 Å². The molecule has 27 heavy (non-hydrogen) atoms. The fourth-order valence-corrected chi connectivity index (χ4v) is 3.67. The minimum atomic E-state index is 0.204. The summed E-state index contributed by atoms with van der Waals surface area (Å²) in [7, 11) is 0. The number of fused-ring (bicyclic) bond motifs is 1. The summed E-state index contributed by atoms with van der Waals surface area (Å²) < 4.78 is 13.1. The second kappa shape index (κ2) is 6.79. The van der Waals surface area contributed by atoms with Gasteiger partial charge < -0.3 is 24.0 Å². The molecule has 0 spiro atoms. The van der Waals surface area contributed by atoms with Crippen molar-refractivity contribution in [3.63, 3.8) is 0 Å². The second-order valence-electron chi connectivity index (χ2n) is 6.86. The van der Waals surface area contributed by atoms with Gasteiger partial charge in [0.1, 0.15) is 17.0 Å². The highest BCUT2D eigenvalue weighted by Gasteiger charge is 2.24. The molecular weight excluding hydrogens is 346 g/mol. The number of anilines is 1. The average molecular weight is 367 g/mol. The molecule has 8 heteroatoms. The third kappa shape index (κ3) is 3.00. The Kier molecular flexibility index (Phi) is 4.14. The minimum Gasteiger partial charge on any atom is -0.508 e. The molecule has 0 bridgehead atoms. The number of aromatic hydroxyl groups is 1. The van der Waals surface area contributed by atoms with Crippen molar-refractivity contribution in [2.75, 3.05) is 44.4 Å². The van der Waals surface area contributed by atoms with Crippen LogP contribution in [0.3, 0.4) is 0 Å². The van der Waals surface area contributed by atoms with Crippen LogP contribution < -0.4 is 4.90 Å². The topological polar surface area (TPSA) is 85.5 Å². The first-order chi connectivity index (χ1) is 13.3. The average Bonchev–Trinajstić information content (AvgIpc) is 3.37. The molecule has 0 amide bonds. The minimum absolute atomic E-state index is 0.204. The van der Waals surface area contributed by atoms with Crippen LogP contribution in [-0.2, 0) is 9.47 Å². The van der Waals surface area contributed by atoms with Crippen LogP contribution in [0, 0.1) is 0 Å². The number of phenolic OH excluding ortho intramolecular Hbond substituents is 1. The van der Waals surface area contributed by atoms with Crippen molar-refractivity contribution < 1.29 is 14.6 Å². The van der Waals surface area contributed by atoms with Crippen molar-refractivity contribution in [3.05, 3.63) is 30.6 Å². The lowest BCUT2D eigenvalue weighted by atomic mass is 10.1. The molecule has 1 N–H and O–H groups in total. The molecule has 140 valence electrons. The van der Waals surface area contributed by atoms with Gasteiger partial charge in [0, 0.05) is 25.3 Å². The standard InChI is InChI=1S/C19H21N5O3/c25-15-3-1-2-13(10-15)16-17-18(24(12-20-17)14-4-7-27-11-14)22-19(21-16)23-5-8-26-9-6-23/h1-3,10,12,14,25H,4-9,11H2. The number of hydrogen-bond donors (Lipinski definition) is 1. The van der Waals surface area contributed by atoms with Crippen LogP contribution in [-0.4, -0.2) is 64.1 Å². The van der Waals surface area contributed by atoms with Gasteiger partial charge in [-0.2, -0.15) is 4.98 Å². The molecule has 0 radical (unpaired) electrons. The highest BCUT2D eigenvalue weighted by atomic mass is 16.5. The quantitative estimate of drug-likeness (QED) is 0.758. The lowest BCUT2D eigenvalue weighted by Gasteiger charge is -2.27. The molecule has 0 aliphatic carbocycles. The van der Waals surface area contributed by atoms with Gasteiger partial charge >= 0.3 is 0 Å². The zero-order valence-electron chi connectivity index (χ0n) is 14.9. The highest BCUT2D eigenvalue weighted by Crippen LogP contribution is 2.32. The van der Waals surface area contributed by atoms with Crippen LogP contribution in [0.1, 0.15) is 12.5 Å². The molecule has 4 heterocycles. The van der Waals surface area contributed by atoms with E-state index in [-0.39, 0.29) is 11.8 Å². The van der Waals surface area contributed by atoms with Crippen molar-refractivity contribution in [1.82, 2.24) is 19.5 Å². The van der Waals surface area contributed by atoms with Crippen LogP contribution >= 0.6 is 0 Å². The smallest absolute Gasteiger partial charge is 0.228 e. The molecule has 0 saturated carbocycles. The lowest BCUT2D eigenvalue weighted by Crippen LogP contribution is -2.37. The van der Waals surface area contributed by atoms with Crippen molar-refractivity contribution in [3.8, 4) is 17.0 Å². The normalized spacial score (nSPS) is 20.4. The summed E-state index contributed by atoms with van der Waals surface area (Å²) >= 11 is 0. The second-order valence-corrected chi connectivity index (χ2v) is 6.86. The molecule has 1 unspecified atom stereocenters. The molecule has 8 nitrogen and oxygen atoms in total. The number of ether oxygens (including phenoxy) is 2. The third-order valence-electron chi connectivity index (χ3n) is 5.12. The van der Waals surface area contributed by atoms with Gasteiger partial charge in [-0.05, 0) is 18.6 Å². The summed E-state index contributed by atoms with van der Waals surface area (Å²) in [6.45, 7) is 4.27. The third-order valence-corrected chi connectivity index (χ3v) is 5.12. The van der Waals surface area contributed by atoms with E-state index in [0.29, 0.717) is 25.8 Å². The fraction of sp³-hybridized carbons (Fsp3) is 0.421. The first kappa shape index (κ1) is 16.5. The predicted octanol–water partition coefficient (Wildman–Crippen LogP) is 2.00. The van der Waals surface area contributed by atoms with E-state index in [4.69, 9.17) is 19.4 Å². The maximum Gasteiger partial charge on any atom is 0.228 e. The maximum absolute atomic E-state index is 9.93. The van der Waals surface area contributed by atoms with Crippen molar-refractivity contribution in [1.29, 1.82) is 0 Å². The van der Waals surface area contributed by atoms with E-state index in [1.165, 1.54) is 0 Å². The number of nitrogens with zero attached hydrogens (tertiary/aromatic N) is 5. The van der Waals surface area contributed by atoms with Crippen LogP contribution in [0.25, 0.3) is 22.4 Å². The zero-order valence-corrected chi connectivity index (χ0v) is 14.9. The summed E-state index contributed by atoms with van der Waals surface area (Å²) in [6, 6.07) is 7.35. The summed E-state index contributed by atoms with van der Waals surface area (Å²) in [5, 5.41) is 9.93. The van der Waals surface area contributed by atoms with Crippen molar-refractivity contribution in [2.24, 2.45) is 0 Å². The summed E-state index contributed by atoms with van der Waals surface area (Å²) in [5.41, 5.74) is 3.10. The van der Waals surface area contributed by atoms with E-state index in [1.807, 2.05) is 18.5 Å². The van der Waals surface area contributed by atoms with E-state index >= 15 is 0 Å². The largest absolute Gasteiger partial charge is 0.508 e. The van der Waals surface area contributed by atoms with Crippen molar-refractivity contribution >= 4 is 17.1 Å². The molecule has 1 atom stereocenters. The number of aromatic nitrogens is 4. The number of imidazole rings is 1. The first-order valence-electron chi connectivity index (χ1n) is 9.24. The Balaban J connectivity index is 1.69. The van der Waals surface area contributed by atoms with Crippen molar-refractivity contribution in [2.45, 2.75) is 12.5 Å². The van der Waals surface area contributed by atoms with Crippen LogP contribution in [0.4, 0.5) is 5.95 Å². The van der Waals surface area contributed by atoms with Crippen LogP contribution in [0.5, 0.6) is 5.75 Å². The molecule has 2 saturated heterocycles. The molecule has 2 aliphatic heterocycles. The van der Waals surface area contributed by atoms with Gasteiger partial charge in [-0.25, -0.2) is 9.97 Å². The summed E-state index contributed by atoms with van der Waals surface area (Å²) in [4.78, 5) is 16.4. The van der Waals surface area contributed by atoms with E-state index in [1.54, 1.807) is 12.1 Å². The predicted molar refractivity (Wildman–Crippen MR) is 99.9 cm³/mol. The Morgan fingerprint density at radius 3 is 2.74 bits per heavy atom. The first-order valence-corrected chi connectivity index (χ1v) is 9.24. The lowest BCUT2D eigenvalue weighted by molar-refractivity contribution is 0.122. The molecule has 1 aromatic carbocycles. The molecule has 2 aromatic heterocycles. The Hall–Kier alpha value is -2.71. The van der Waals surface area contributed by atoms with Gasteiger partial charge in [-0.1, -0.05) is 12.1 Å². The van der Waals surface area contributed by atoms with Gasteiger partial charge in [-0.3, -0.25) is 0 Å². The zero-order chi connectivity index (χ0) is 18.2. The van der Waals surface area contributed by atoms with E-state index in [0.717, 1.165) is 48.5 Å². The summed E-state index contributed by atoms with van der Waals surface area (Å²) in [6.07, 6.45) is 2.78. The Morgan fingerprint density at radius 1 is 1.07 bits per heavy atom. The molecule has 5 rings (SSSR count). The molecular formula is C19H21N5O3. The maximum atomic E-state index is 9.93. The van der Waals surface area contributed by atoms with Gasteiger partial charge in [0.25, 0.3) is 0 Å². The SMILES string of the molecule is Oc1cccc(-c2nc(N3CCOCC3)nc3c2ncn3C2CCOC2)c1. The molecule has 2 aliphatic rings. The molecule has 2 fully saturated rings. The number of morpholine rings is 1. The van der Waals surface area contributed by atoms with E-state index < -0.39 is 0 Å². The number of phenols is 1. The Bertz CT molecular complexity index is 961. The van der Waals surface area contributed by atoms with E-state index in [9.17, 15) is 5.11 Å². The van der Waals surface area contributed by atoms with Gasteiger partial charge in [0.15, 0.2) is 5.65 Å².